The van der Waals surface area contributed by atoms with E-state index in [9.17, 15) is 0 Å². The van der Waals surface area contributed by atoms with E-state index in [4.69, 9.17) is 19.2 Å². The van der Waals surface area contributed by atoms with Crippen LogP contribution in [0, 0.1) is 5.92 Å². The normalized spacial score (nSPS) is 11.2. The van der Waals surface area contributed by atoms with E-state index in [0.29, 0.717) is 0 Å². The zero-order valence-electron chi connectivity index (χ0n) is 10.7. The fourth-order valence-electron chi connectivity index (χ4n) is 1.33. The summed E-state index contributed by atoms with van der Waals surface area (Å²) in [6, 6.07) is 0. The van der Waals surface area contributed by atoms with Crippen molar-refractivity contribution in [2.75, 3.05) is 0 Å². The Bertz CT molecular complexity index is 173. The molecular formula is C10H24NaO4P. The largest absolute Gasteiger partial charge is 0.466 e. The van der Waals surface area contributed by atoms with Crippen LogP contribution in [0.3, 0.4) is 0 Å². The van der Waals surface area contributed by atoms with E-state index in [-0.39, 0.29) is 0 Å². The first-order chi connectivity index (χ1) is 7.27. The molecule has 0 aromatic carbocycles. The average molecular weight is 262 g/mol. The third-order valence-corrected chi connectivity index (χ3v) is 2.84. The molecule has 0 aromatic heterocycles. The minimum atomic E-state index is -4.64. The topological polar surface area (TPSA) is 77.8 Å². The van der Waals surface area contributed by atoms with Crippen LogP contribution < -0.4 is 0 Å². The van der Waals surface area contributed by atoms with Gasteiger partial charge in [-0.25, -0.2) is 4.57 Å². The molecule has 0 rings (SSSR count). The van der Waals surface area contributed by atoms with Crippen LogP contribution in [-0.4, -0.2) is 42.6 Å². The molecule has 0 unspecified atom stereocenters. The molecule has 0 saturated carbocycles. The van der Waals surface area contributed by atoms with Gasteiger partial charge in [-0.05, 0) is 0 Å². The van der Waals surface area contributed by atoms with Gasteiger partial charge in [0.2, 0.25) is 0 Å². The van der Waals surface area contributed by atoms with Crippen LogP contribution in [0.15, 0.2) is 0 Å². The van der Waals surface area contributed by atoms with Crippen LogP contribution in [0.2, 0.25) is 3.67 Å². The Morgan fingerprint density at radius 3 is 1.75 bits per heavy atom. The maximum absolute atomic E-state index is 8.88. The first-order valence-corrected chi connectivity index (χ1v) is 9.03. The van der Waals surface area contributed by atoms with Gasteiger partial charge in [-0.2, -0.15) is 0 Å². The van der Waals surface area contributed by atoms with Crippen LogP contribution in [0.5, 0.6) is 0 Å². The first kappa shape index (κ1) is 19.4. The van der Waals surface area contributed by atoms with Gasteiger partial charge in [-0.15, -0.1) is 0 Å². The van der Waals surface area contributed by atoms with Crippen molar-refractivity contribution >= 4 is 35.8 Å². The van der Waals surface area contributed by atoms with Crippen LogP contribution in [-0.2, 0) is 4.57 Å². The van der Waals surface area contributed by atoms with Crippen molar-refractivity contribution in [3.63, 3.8) is 0 Å². The summed E-state index contributed by atoms with van der Waals surface area (Å²) in [5.74, 6) is 0.911. The monoisotopic (exact) mass is 262 g/mol. The molecule has 16 heavy (non-hydrogen) atoms. The second-order valence-corrected chi connectivity index (χ2v) is 6.49. The molecule has 4 nitrogen and oxygen atoms in total. The van der Waals surface area contributed by atoms with E-state index in [2.05, 4.69) is 13.8 Å². The number of phosphoric acid groups is 1. The summed E-state index contributed by atoms with van der Waals surface area (Å²) in [6.07, 6.45) is 8.82. The molecule has 0 aliphatic rings. The van der Waals surface area contributed by atoms with Gasteiger partial charge in [-0.3, -0.25) is 0 Å². The molecule has 6 heteroatoms. The number of rotatable bonds is 7. The third kappa shape index (κ3) is 36.2. The van der Waals surface area contributed by atoms with E-state index in [1.54, 1.807) is 0 Å². The first-order valence-electron chi connectivity index (χ1n) is 6.05. The van der Waals surface area contributed by atoms with Crippen LogP contribution in [0.1, 0.15) is 52.4 Å². The van der Waals surface area contributed by atoms with Gasteiger partial charge in [-0.1, -0.05) is 0 Å². The van der Waals surface area contributed by atoms with Gasteiger partial charge in [0, 0.05) is 0 Å². The van der Waals surface area contributed by atoms with Crippen molar-refractivity contribution in [2.45, 2.75) is 56.0 Å². The van der Waals surface area contributed by atoms with Crippen molar-refractivity contribution in [3.8, 4) is 0 Å². The summed E-state index contributed by atoms with van der Waals surface area (Å²) in [5, 5.41) is 0. The number of unbranched alkanes of at least 4 members (excludes halogenated alkanes) is 4. The Kier molecular flexibility index (Phi) is 15.3. The molecule has 0 aliphatic carbocycles. The molecule has 0 heterocycles. The van der Waals surface area contributed by atoms with Gasteiger partial charge in [0.25, 0.3) is 0 Å². The second-order valence-electron chi connectivity index (χ2n) is 4.46. The minimum Gasteiger partial charge on any atom is -0.303 e. The van der Waals surface area contributed by atoms with Crippen LogP contribution in [0.25, 0.3) is 0 Å². The molecule has 0 aliphatic heterocycles. The minimum absolute atomic E-state index is 0.911. The van der Waals surface area contributed by atoms with Gasteiger partial charge < -0.3 is 14.7 Å². The summed E-state index contributed by atoms with van der Waals surface area (Å²) < 4.78 is 10.4. The second kappa shape index (κ2) is 12.6. The zero-order valence-corrected chi connectivity index (χ0v) is 13.6. The Morgan fingerprint density at radius 2 is 1.38 bits per heavy atom. The van der Waals surface area contributed by atoms with Gasteiger partial charge in [0.1, 0.15) is 0 Å². The molecule has 0 bridgehead atoms. The van der Waals surface area contributed by atoms with Crippen LogP contribution in [0.4, 0.5) is 0 Å². The summed E-state index contributed by atoms with van der Waals surface area (Å²) in [7, 11) is -4.64. The van der Waals surface area contributed by atoms with Gasteiger partial charge >= 0.3 is 97.7 Å². The summed E-state index contributed by atoms with van der Waals surface area (Å²) in [6.45, 7) is 4.63. The molecule has 0 amide bonds. The number of hydrogen-bond acceptors (Lipinski definition) is 1. The molecule has 0 fully saturated rings. The van der Waals surface area contributed by atoms with E-state index in [1.165, 1.54) is 70.1 Å². The molecule has 0 spiro atoms. The maximum Gasteiger partial charge on any atom is 0.466 e. The molecule has 94 valence electrons. The predicted molar refractivity (Wildman–Crippen MR) is 67.4 cm³/mol. The smallest absolute Gasteiger partial charge is 0.303 e. The zero-order chi connectivity index (χ0) is 13.0. The summed E-state index contributed by atoms with van der Waals surface area (Å²) >= 11 is 1.41. The van der Waals surface area contributed by atoms with Crippen LogP contribution >= 0.6 is 7.82 Å². The molecule has 0 atom stereocenters. The standard InChI is InChI=1S/C10H21.Na.H3O4P/c1-4-5-6-7-8-9-10(2)3;;1-5(2,3)4/h10H,1,4-9H2,2-3H3;;(H3,1,2,3,4). The predicted octanol–water partition coefficient (Wildman–Crippen LogP) is 2.64. The Labute approximate surface area is 116 Å². The van der Waals surface area contributed by atoms with E-state index >= 15 is 0 Å². The molecular weight excluding hydrogens is 238 g/mol. The van der Waals surface area contributed by atoms with Crippen molar-refractivity contribution in [3.05, 3.63) is 0 Å². The van der Waals surface area contributed by atoms with Crippen molar-refractivity contribution < 1.29 is 19.2 Å². The molecule has 0 saturated heterocycles. The van der Waals surface area contributed by atoms with Gasteiger partial charge in [0.05, 0.1) is 0 Å². The average Bonchev–Trinajstić information content (AvgIpc) is 2.08. The summed E-state index contributed by atoms with van der Waals surface area (Å²) in [4.78, 5) is 21.6. The van der Waals surface area contributed by atoms with Crippen molar-refractivity contribution in [1.29, 1.82) is 0 Å². The van der Waals surface area contributed by atoms with E-state index in [0.717, 1.165) is 5.92 Å². The fourth-order valence-corrected chi connectivity index (χ4v) is 1.83. The van der Waals surface area contributed by atoms with Crippen molar-refractivity contribution in [2.24, 2.45) is 5.92 Å². The van der Waals surface area contributed by atoms with E-state index in [1.807, 2.05) is 0 Å². The summed E-state index contributed by atoms with van der Waals surface area (Å²) in [5.41, 5.74) is 0. The van der Waals surface area contributed by atoms with E-state index < -0.39 is 7.82 Å². The number of hydrogen-bond donors (Lipinski definition) is 3. The Morgan fingerprint density at radius 1 is 1.00 bits per heavy atom. The van der Waals surface area contributed by atoms with Gasteiger partial charge in [0.15, 0.2) is 0 Å². The Balaban J connectivity index is 0. The maximum atomic E-state index is 8.88. The third-order valence-electron chi connectivity index (χ3n) is 2.14. The quantitative estimate of drug-likeness (QED) is 0.374. The molecule has 0 radical (unpaired) electrons. The van der Waals surface area contributed by atoms with Crippen molar-refractivity contribution in [1.82, 2.24) is 0 Å². The Hall–Kier alpha value is 1.11. The fraction of sp³-hybridized carbons (Fsp3) is 1.00. The molecule has 3 N–H and O–H groups in total. The molecule has 0 aromatic rings. The SMILES string of the molecule is CC(C)CCCCCC[CH2][Na].O=P(O)(O)O.